The van der Waals surface area contributed by atoms with Crippen molar-refractivity contribution in [3.63, 3.8) is 0 Å². The molecular formula is C17H14BrNO2. The molecule has 3 nitrogen and oxygen atoms in total. The molecule has 0 radical (unpaired) electrons. The number of hydrogen-bond donors (Lipinski definition) is 0. The first-order valence-corrected chi connectivity index (χ1v) is 7.48. The highest BCUT2D eigenvalue weighted by Crippen LogP contribution is 2.24. The fourth-order valence-corrected chi connectivity index (χ4v) is 2.72. The van der Waals surface area contributed by atoms with Crippen LogP contribution in [0.4, 0.5) is 0 Å². The lowest BCUT2D eigenvalue weighted by atomic mass is 10.2. The topological polar surface area (TPSA) is 31.2 Å². The van der Waals surface area contributed by atoms with Crippen LogP contribution in [-0.4, -0.2) is 17.5 Å². The molecule has 4 heteroatoms. The average Bonchev–Trinajstić information content (AvgIpc) is 2.85. The quantitative estimate of drug-likeness (QED) is 0.647. The number of fused-ring (bicyclic) bond motifs is 1. The molecule has 0 amide bonds. The Morgan fingerprint density at radius 3 is 2.71 bits per heavy atom. The van der Waals surface area contributed by atoms with E-state index in [4.69, 9.17) is 4.74 Å². The summed E-state index contributed by atoms with van der Waals surface area (Å²) < 4.78 is 8.73. The van der Waals surface area contributed by atoms with Crippen molar-refractivity contribution in [3.8, 4) is 5.75 Å². The van der Waals surface area contributed by atoms with Gasteiger partial charge in [-0.2, -0.15) is 0 Å². The number of carbonyl (C=O) groups excluding carboxylic acids is 1. The maximum atomic E-state index is 11.2. The second-order valence-electron chi connectivity index (χ2n) is 4.72. The Labute approximate surface area is 131 Å². The summed E-state index contributed by atoms with van der Waals surface area (Å²) in [6.07, 6.45) is 2.77. The van der Waals surface area contributed by atoms with Gasteiger partial charge in [-0.05, 0) is 30.3 Å². The molecule has 0 spiro atoms. The first-order chi connectivity index (χ1) is 10.3. The predicted molar refractivity (Wildman–Crippen MR) is 87.0 cm³/mol. The van der Waals surface area contributed by atoms with Crippen LogP contribution in [0.1, 0.15) is 10.4 Å². The largest absolute Gasteiger partial charge is 0.492 e. The molecule has 0 aliphatic heterocycles. The first kappa shape index (κ1) is 13.9. The van der Waals surface area contributed by atoms with Crippen LogP contribution in [0, 0.1) is 0 Å². The third-order valence-electron chi connectivity index (χ3n) is 3.35. The number of halogens is 1. The molecule has 2 aromatic carbocycles. The molecule has 1 aromatic heterocycles. The molecule has 0 fully saturated rings. The molecule has 0 saturated heterocycles. The van der Waals surface area contributed by atoms with Gasteiger partial charge >= 0.3 is 0 Å². The molecule has 3 aromatic rings. The number of para-hydroxylation sites is 1. The van der Waals surface area contributed by atoms with E-state index in [1.807, 2.05) is 54.7 Å². The molecule has 0 saturated carbocycles. The molecule has 0 aliphatic rings. The standard InChI is InChI=1S/C17H14BrNO2/c18-14-6-7-17-16(10-14)13(12-20)11-19(17)8-9-21-15-4-2-1-3-5-15/h1-7,10-12H,8-9H2. The molecule has 0 aliphatic carbocycles. The number of ether oxygens (including phenoxy) is 1. The fraction of sp³-hybridized carbons (Fsp3) is 0.118. The summed E-state index contributed by atoms with van der Waals surface area (Å²) in [5.74, 6) is 0.854. The Balaban J connectivity index is 1.79. The van der Waals surface area contributed by atoms with Crippen LogP contribution in [0.25, 0.3) is 10.9 Å². The first-order valence-electron chi connectivity index (χ1n) is 6.69. The average molecular weight is 344 g/mol. The van der Waals surface area contributed by atoms with Crippen molar-refractivity contribution in [3.05, 3.63) is 64.8 Å². The molecule has 3 rings (SSSR count). The minimum atomic E-state index is 0.558. The number of rotatable bonds is 5. The fourth-order valence-electron chi connectivity index (χ4n) is 2.35. The van der Waals surface area contributed by atoms with Crippen LogP contribution in [0.3, 0.4) is 0 Å². The van der Waals surface area contributed by atoms with Crippen LogP contribution in [0.15, 0.2) is 59.2 Å². The van der Waals surface area contributed by atoms with Crippen molar-refractivity contribution < 1.29 is 9.53 Å². The van der Waals surface area contributed by atoms with Crippen molar-refractivity contribution in [1.82, 2.24) is 4.57 Å². The van der Waals surface area contributed by atoms with Crippen molar-refractivity contribution >= 4 is 33.1 Å². The highest BCUT2D eigenvalue weighted by molar-refractivity contribution is 9.10. The molecule has 106 valence electrons. The highest BCUT2D eigenvalue weighted by Gasteiger charge is 2.08. The van der Waals surface area contributed by atoms with Crippen LogP contribution in [-0.2, 0) is 6.54 Å². The molecule has 0 atom stereocenters. The molecule has 0 unspecified atom stereocenters. The van der Waals surface area contributed by atoms with E-state index in [9.17, 15) is 4.79 Å². The van der Waals surface area contributed by atoms with Crippen LogP contribution >= 0.6 is 15.9 Å². The summed E-state index contributed by atoms with van der Waals surface area (Å²) in [6, 6.07) is 15.7. The van der Waals surface area contributed by atoms with Crippen LogP contribution < -0.4 is 4.74 Å². The van der Waals surface area contributed by atoms with E-state index < -0.39 is 0 Å². The molecule has 1 heterocycles. The van der Waals surface area contributed by atoms with E-state index in [0.717, 1.165) is 27.4 Å². The zero-order valence-electron chi connectivity index (χ0n) is 11.3. The van der Waals surface area contributed by atoms with Gasteiger partial charge in [0.15, 0.2) is 6.29 Å². The van der Waals surface area contributed by atoms with E-state index in [0.29, 0.717) is 18.7 Å². The molecule has 0 bridgehead atoms. The summed E-state index contributed by atoms with van der Waals surface area (Å²) in [5.41, 5.74) is 1.74. The summed E-state index contributed by atoms with van der Waals surface area (Å²) in [5, 5.41) is 0.957. The zero-order valence-corrected chi connectivity index (χ0v) is 12.9. The Bertz CT molecular complexity index is 765. The SMILES string of the molecule is O=Cc1cn(CCOc2ccccc2)c2ccc(Br)cc12. The van der Waals surface area contributed by atoms with Crippen molar-refractivity contribution in [2.24, 2.45) is 0 Å². The summed E-state index contributed by atoms with van der Waals surface area (Å²) in [6.45, 7) is 1.25. The lowest BCUT2D eigenvalue weighted by Gasteiger charge is -2.08. The van der Waals surface area contributed by atoms with E-state index in [1.54, 1.807) is 0 Å². The number of carbonyl (C=O) groups is 1. The van der Waals surface area contributed by atoms with Gasteiger partial charge in [-0.1, -0.05) is 34.1 Å². The Morgan fingerprint density at radius 1 is 1.14 bits per heavy atom. The lowest BCUT2D eigenvalue weighted by molar-refractivity contribution is 0.112. The maximum absolute atomic E-state index is 11.2. The minimum absolute atomic E-state index is 0.558. The van der Waals surface area contributed by atoms with Gasteiger partial charge in [-0.25, -0.2) is 0 Å². The highest BCUT2D eigenvalue weighted by atomic mass is 79.9. The van der Waals surface area contributed by atoms with Gasteiger partial charge in [0.1, 0.15) is 12.4 Å². The zero-order chi connectivity index (χ0) is 14.7. The molecular weight excluding hydrogens is 330 g/mol. The van der Waals surface area contributed by atoms with Gasteiger partial charge in [-0.3, -0.25) is 4.79 Å². The summed E-state index contributed by atoms with van der Waals surface area (Å²) in [4.78, 5) is 11.2. The van der Waals surface area contributed by atoms with E-state index in [2.05, 4.69) is 20.5 Å². The van der Waals surface area contributed by atoms with E-state index in [1.165, 1.54) is 0 Å². The normalized spacial score (nSPS) is 10.7. The lowest BCUT2D eigenvalue weighted by Crippen LogP contribution is -2.07. The Hall–Kier alpha value is -2.07. The predicted octanol–water partition coefficient (Wildman–Crippen LogP) is 4.30. The molecule has 0 N–H and O–H groups in total. The summed E-state index contributed by atoms with van der Waals surface area (Å²) in [7, 11) is 0. The minimum Gasteiger partial charge on any atom is -0.492 e. The van der Waals surface area contributed by atoms with Gasteiger partial charge in [0.25, 0.3) is 0 Å². The maximum Gasteiger partial charge on any atom is 0.152 e. The molecule has 21 heavy (non-hydrogen) atoms. The van der Waals surface area contributed by atoms with Crippen LogP contribution in [0.5, 0.6) is 5.75 Å². The third kappa shape index (κ3) is 3.00. The number of aldehydes is 1. The monoisotopic (exact) mass is 343 g/mol. The third-order valence-corrected chi connectivity index (χ3v) is 3.84. The van der Waals surface area contributed by atoms with Crippen LogP contribution in [0.2, 0.25) is 0 Å². The number of hydrogen-bond acceptors (Lipinski definition) is 2. The van der Waals surface area contributed by atoms with Gasteiger partial charge in [0, 0.05) is 27.1 Å². The Morgan fingerprint density at radius 2 is 1.95 bits per heavy atom. The summed E-state index contributed by atoms with van der Waals surface area (Å²) >= 11 is 3.44. The second-order valence-corrected chi connectivity index (χ2v) is 5.63. The number of benzene rings is 2. The van der Waals surface area contributed by atoms with Gasteiger partial charge in [0.05, 0.1) is 6.54 Å². The number of aromatic nitrogens is 1. The second kappa shape index (κ2) is 6.14. The van der Waals surface area contributed by atoms with E-state index in [-0.39, 0.29) is 0 Å². The van der Waals surface area contributed by atoms with Gasteiger partial charge in [0.2, 0.25) is 0 Å². The number of nitrogens with zero attached hydrogens (tertiary/aromatic N) is 1. The van der Waals surface area contributed by atoms with Crippen molar-refractivity contribution in [2.75, 3.05) is 6.61 Å². The van der Waals surface area contributed by atoms with Gasteiger partial charge in [-0.15, -0.1) is 0 Å². The van der Waals surface area contributed by atoms with Gasteiger partial charge < -0.3 is 9.30 Å². The van der Waals surface area contributed by atoms with Crippen molar-refractivity contribution in [2.45, 2.75) is 6.54 Å². The van der Waals surface area contributed by atoms with Crippen molar-refractivity contribution in [1.29, 1.82) is 0 Å². The Kier molecular flexibility index (Phi) is 4.06. The smallest absolute Gasteiger partial charge is 0.152 e. The van der Waals surface area contributed by atoms with E-state index >= 15 is 0 Å².